The Hall–Kier alpha value is -0.590. The smallest absolute Gasteiger partial charge is 0.141 e. The molecule has 0 aromatic heterocycles. The van der Waals surface area contributed by atoms with E-state index in [0.29, 0.717) is 12.1 Å². The van der Waals surface area contributed by atoms with Crippen LogP contribution in [0.3, 0.4) is 0 Å². The van der Waals surface area contributed by atoms with Gasteiger partial charge in [0.05, 0.1) is 12.2 Å². The predicted molar refractivity (Wildman–Crippen MR) is 55.9 cm³/mol. The highest BCUT2D eigenvalue weighted by Gasteiger charge is 2.22. The lowest BCUT2D eigenvalue weighted by Crippen LogP contribution is -2.35. The molecular weight excluding hydrogens is 176 g/mol. The van der Waals surface area contributed by atoms with E-state index in [0.717, 1.165) is 19.4 Å². The first-order chi connectivity index (χ1) is 6.76. The zero-order valence-corrected chi connectivity index (χ0v) is 9.12. The molecule has 0 heterocycles. The van der Waals surface area contributed by atoms with Gasteiger partial charge < -0.3 is 10.1 Å². The van der Waals surface area contributed by atoms with Crippen molar-refractivity contribution in [3.63, 3.8) is 0 Å². The third kappa shape index (κ3) is 3.65. The Morgan fingerprint density at radius 3 is 2.57 bits per heavy atom. The fourth-order valence-electron chi connectivity index (χ4n) is 2.01. The van der Waals surface area contributed by atoms with Crippen molar-refractivity contribution in [1.82, 2.24) is 5.32 Å². The SMILES string of the molecule is CCNC1CCC(OC(C)C#N)CC1. The molecule has 1 aliphatic carbocycles. The fourth-order valence-corrected chi connectivity index (χ4v) is 2.01. The van der Waals surface area contributed by atoms with Crippen molar-refractivity contribution in [2.45, 2.75) is 57.8 Å². The maximum atomic E-state index is 8.61. The van der Waals surface area contributed by atoms with Crippen LogP contribution in [0.2, 0.25) is 0 Å². The van der Waals surface area contributed by atoms with Crippen molar-refractivity contribution in [3.05, 3.63) is 0 Å². The second kappa shape index (κ2) is 6.00. The van der Waals surface area contributed by atoms with Crippen LogP contribution < -0.4 is 5.32 Å². The standard InChI is InChI=1S/C11H20N2O/c1-3-13-10-4-6-11(7-5-10)14-9(2)8-12/h9-11,13H,3-7H2,1-2H3. The molecule has 1 N–H and O–H groups in total. The summed E-state index contributed by atoms with van der Waals surface area (Å²) in [4.78, 5) is 0. The molecule has 80 valence electrons. The molecule has 0 aliphatic heterocycles. The van der Waals surface area contributed by atoms with Crippen LogP contribution in [0.5, 0.6) is 0 Å². The summed E-state index contributed by atoms with van der Waals surface area (Å²) in [5.41, 5.74) is 0. The first-order valence-electron chi connectivity index (χ1n) is 5.54. The molecule has 0 amide bonds. The molecule has 0 spiro atoms. The van der Waals surface area contributed by atoms with E-state index in [1.54, 1.807) is 0 Å². The van der Waals surface area contributed by atoms with Crippen molar-refractivity contribution in [1.29, 1.82) is 5.26 Å². The number of rotatable bonds is 4. The van der Waals surface area contributed by atoms with Gasteiger partial charge in [-0.2, -0.15) is 5.26 Å². The second-order valence-corrected chi connectivity index (χ2v) is 3.94. The number of hydrogen-bond donors (Lipinski definition) is 1. The largest absolute Gasteiger partial charge is 0.360 e. The Labute approximate surface area is 86.4 Å². The third-order valence-electron chi connectivity index (χ3n) is 2.75. The fraction of sp³-hybridized carbons (Fsp3) is 0.909. The maximum absolute atomic E-state index is 8.61. The van der Waals surface area contributed by atoms with E-state index in [1.165, 1.54) is 12.8 Å². The van der Waals surface area contributed by atoms with E-state index in [9.17, 15) is 0 Å². The normalized spacial score (nSPS) is 29.5. The summed E-state index contributed by atoms with van der Waals surface area (Å²) >= 11 is 0. The number of ether oxygens (including phenoxy) is 1. The Balaban J connectivity index is 2.19. The number of nitrogens with one attached hydrogen (secondary N) is 1. The Morgan fingerprint density at radius 2 is 2.07 bits per heavy atom. The minimum absolute atomic E-state index is 0.254. The Kier molecular flexibility index (Phi) is 4.92. The summed E-state index contributed by atoms with van der Waals surface area (Å²) in [6.45, 7) is 5.00. The summed E-state index contributed by atoms with van der Waals surface area (Å²) in [5.74, 6) is 0. The van der Waals surface area contributed by atoms with Crippen molar-refractivity contribution < 1.29 is 4.74 Å². The molecule has 0 saturated heterocycles. The topological polar surface area (TPSA) is 45.0 Å². The van der Waals surface area contributed by atoms with Gasteiger partial charge in [-0.15, -0.1) is 0 Å². The van der Waals surface area contributed by atoms with Gasteiger partial charge in [0.15, 0.2) is 0 Å². The number of hydrogen-bond acceptors (Lipinski definition) is 3. The molecule has 1 fully saturated rings. The van der Waals surface area contributed by atoms with Crippen LogP contribution in [0.25, 0.3) is 0 Å². The third-order valence-corrected chi connectivity index (χ3v) is 2.75. The van der Waals surface area contributed by atoms with E-state index >= 15 is 0 Å². The molecule has 1 saturated carbocycles. The van der Waals surface area contributed by atoms with Crippen LogP contribution in [0.1, 0.15) is 39.5 Å². The van der Waals surface area contributed by atoms with E-state index in [1.807, 2.05) is 6.92 Å². The summed E-state index contributed by atoms with van der Waals surface area (Å²) in [7, 11) is 0. The molecule has 1 aliphatic rings. The summed E-state index contributed by atoms with van der Waals surface area (Å²) in [5, 5.41) is 12.1. The Bertz CT molecular complexity index is 192. The van der Waals surface area contributed by atoms with Gasteiger partial charge in [0.1, 0.15) is 6.10 Å². The van der Waals surface area contributed by atoms with Crippen LogP contribution >= 0.6 is 0 Å². The van der Waals surface area contributed by atoms with Crippen LogP contribution in [-0.4, -0.2) is 24.8 Å². The van der Waals surface area contributed by atoms with E-state index < -0.39 is 0 Å². The summed E-state index contributed by atoms with van der Waals surface area (Å²) in [6, 6.07) is 2.77. The van der Waals surface area contributed by atoms with Gasteiger partial charge >= 0.3 is 0 Å². The van der Waals surface area contributed by atoms with Gasteiger partial charge in [0.2, 0.25) is 0 Å². The van der Waals surface area contributed by atoms with Crippen LogP contribution in [-0.2, 0) is 4.74 Å². The molecule has 1 rings (SSSR count). The molecule has 0 aromatic carbocycles. The van der Waals surface area contributed by atoms with Crippen molar-refractivity contribution in [3.8, 4) is 6.07 Å². The average molecular weight is 196 g/mol. The highest BCUT2D eigenvalue weighted by Crippen LogP contribution is 2.22. The monoisotopic (exact) mass is 196 g/mol. The van der Waals surface area contributed by atoms with Crippen LogP contribution in [0.4, 0.5) is 0 Å². The molecule has 14 heavy (non-hydrogen) atoms. The highest BCUT2D eigenvalue weighted by molar-refractivity contribution is 4.83. The van der Waals surface area contributed by atoms with E-state index in [2.05, 4.69) is 18.3 Å². The number of nitrogens with zero attached hydrogens (tertiary/aromatic N) is 1. The Morgan fingerprint density at radius 1 is 1.43 bits per heavy atom. The molecule has 0 bridgehead atoms. The molecule has 0 aromatic rings. The number of nitriles is 1. The van der Waals surface area contributed by atoms with Gasteiger partial charge in [0.25, 0.3) is 0 Å². The van der Waals surface area contributed by atoms with Crippen LogP contribution in [0.15, 0.2) is 0 Å². The van der Waals surface area contributed by atoms with E-state index in [4.69, 9.17) is 10.00 Å². The van der Waals surface area contributed by atoms with Crippen molar-refractivity contribution in [2.24, 2.45) is 0 Å². The molecule has 3 heteroatoms. The lowest BCUT2D eigenvalue weighted by atomic mass is 9.93. The van der Waals surface area contributed by atoms with Gasteiger partial charge in [-0.1, -0.05) is 6.92 Å². The summed E-state index contributed by atoms with van der Waals surface area (Å²) in [6.07, 6.45) is 4.58. The zero-order valence-electron chi connectivity index (χ0n) is 9.12. The quantitative estimate of drug-likeness (QED) is 0.746. The summed E-state index contributed by atoms with van der Waals surface area (Å²) < 4.78 is 5.58. The first kappa shape index (κ1) is 11.5. The zero-order chi connectivity index (χ0) is 10.4. The second-order valence-electron chi connectivity index (χ2n) is 3.94. The van der Waals surface area contributed by atoms with Crippen molar-refractivity contribution >= 4 is 0 Å². The average Bonchev–Trinajstić information content (AvgIpc) is 2.21. The predicted octanol–water partition coefficient (Wildman–Crippen LogP) is 1.84. The molecule has 1 unspecified atom stereocenters. The molecular formula is C11H20N2O. The van der Waals surface area contributed by atoms with Gasteiger partial charge in [-0.3, -0.25) is 0 Å². The van der Waals surface area contributed by atoms with Gasteiger partial charge in [0, 0.05) is 6.04 Å². The first-order valence-corrected chi connectivity index (χ1v) is 5.54. The lowest BCUT2D eigenvalue weighted by molar-refractivity contribution is -0.000170. The minimum atomic E-state index is -0.254. The minimum Gasteiger partial charge on any atom is -0.360 e. The van der Waals surface area contributed by atoms with E-state index in [-0.39, 0.29) is 6.10 Å². The van der Waals surface area contributed by atoms with Crippen molar-refractivity contribution in [2.75, 3.05) is 6.54 Å². The molecule has 3 nitrogen and oxygen atoms in total. The molecule has 1 atom stereocenters. The van der Waals surface area contributed by atoms with Crippen LogP contribution in [0, 0.1) is 11.3 Å². The van der Waals surface area contributed by atoms with Gasteiger partial charge in [-0.25, -0.2) is 0 Å². The lowest BCUT2D eigenvalue weighted by Gasteiger charge is -2.29. The van der Waals surface area contributed by atoms with Gasteiger partial charge in [-0.05, 0) is 39.2 Å². The molecule has 0 radical (unpaired) electrons. The maximum Gasteiger partial charge on any atom is 0.141 e. The highest BCUT2D eigenvalue weighted by atomic mass is 16.5.